The number of alkyl halides is 3. The molecule has 98 valence electrons. The van der Waals surface area contributed by atoms with E-state index in [4.69, 9.17) is 11.6 Å². The number of Topliss-reactive ketones (excluding diaryl/α,β-unsaturated/α-hetero) is 1. The van der Waals surface area contributed by atoms with E-state index in [0.29, 0.717) is 0 Å². The SMILES string of the molecule is CC(=O)C(Cl)c1cc([N+](=O)[O-])ccc1OC(F)F. The molecule has 1 atom stereocenters. The Morgan fingerprint density at radius 2 is 2.11 bits per heavy atom. The van der Waals surface area contributed by atoms with Gasteiger partial charge in [-0.05, 0) is 13.0 Å². The van der Waals surface area contributed by atoms with E-state index in [2.05, 4.69) is 4.74 Å². The number of carbonyl (C=O) groups excluding carboxylic acids is 1. The number of rotatable bonds is 5. The summed E-state index contributed by atoms with van der Waals surface area (Å²) in [4.78, 5) is 21.0. The standard InChI is InChI=1S/C10H8ClF2NO4/c1-5(15)9(11)7-4-6(14(16)17)2-3-8(7)18-10(12)13/h2-4,9-10H,1H3. The summed E-state index contributed by atoms with van der Waals surface area (Å²) in [5.74, 6) is -0.887. The molecular formula is C10H8ClF2NO4. The molecule has 0 bridgehead atoms. The van der Waals surface area contributed by atoms with E-state index in [1.165, 1.54) is 0 Å². The zero-order chi connectivity index (χ0) is 13.9. The second-order valence-corrected chi connectivity index (χ2v) is 3.77. The lowest BCUT2D eigenvalue weighted by Crippen LogP contribution is -2.09. The summed E-state index contributed by atoms with van der Waals surface area (Å²) in [6, 6.07) is 2.92. The van der Waals surface area contributed by atoms with Gasteiger partial charge in [0.1, 0.15) is 11.1 Å². The molecule has 0 heterocycles. The van der Waals surface area contributed by atoms with E-state index in [1.807, 2.05) is 0 Å². The minimum Gasteiger partial charge on any atom is -0.434 e. The monoisotopic (exact) mass is 279 g/mol. The highest BCUT2D eigenvalue weighted by molar-refractivity contribution is 6.31. The number of nitro benzene ring substituents is 1. The Balaban J connectivity index is 3.25. The van der Waals surface area contributed by atoms with Crippen LogP contribution in [-0.2, 0) is 4.79 Å². The van der Waals surface area contributed by atoms with Crippen molar-refractivity contribution in [2.45, 2.75) is 18.9 Å². The highest BCUT2D eigenvalue weighted by Crippen LogP contribution is 2.34. The van der Waals surface area contributed by atoms with Crippen molar-refractivity contribution >= 4 is 23.1 Å². The molecule has 0 aromatic heterocycles. The van der Waals surface area contributed by atoms with E-state index in [9.17, 15) is 23.7 Å². The van der Waals surface area contributed by atoms with E-state index in [0.717, 1.165) is 25.1 Å². The van der Waals surface area contributed by atoms with Crippen LogP contribution in [0, 0.1) is 10.1 Å². The van der Waals surface area contributed by atoms with Crippen LogP contribution in [0.4, 0.5) is 14.5 Å². The van der Waals surface area contributed by atoms with Crippen molar-refractivity contribution in [2.24, 2.45) is 0 Å². The van der Waals surface area contributed by atoms with Gasteiger partial charge < -0.3 is 4.74 Å². The molecule has 0 saturated carbocycles. The molecule has 8 heteroatoms. The van der Waals surface area contributed by atoms with Gasteiger partial charge in [-0.1, -0.05) is 0 Å². The number of non-ortho nitro benzene ring substituents is 1. The molecule has 0 aliphatic carbocycles. The van der Waals surface area contributed by atoms with Crippen molar-refractivity contribution in [2.75, 3.05) is 0 Å². The molecule has 1 rings (SSSR count). The number of hydrogen-bond donors (Lipinski definition) is 0. The van der Waals surface area contributed by atoms with Gasteiger partial charge in [0.2, 0.25) is 0 Å². The molecule has 0 spiro atoms. The Bertz CT molecular complexity index is 481. The van der Waals surface area contributed by atoms with Crippen LogP contribution < -0.4 is 4.74 Å². The van der Waals surface area contributed by atoms with Gasteiger partial charge in [-0.15, -0.1) is 11.6 Å². The first-order chi connectivity index (χ1) is 8.32. The maximum Gasteiger partial charge on any atom is 0.387 e. The van der Waals surface area contributed by atoms with Gasteiger partial charge >= 0.3 is 6.61 Å². The molecule has 1 aromatic rings. The molecule has 1 aromatic carbocycles. The number of carbonyl (C=O) groups is 1. The van der Waals surface area contributed by atoms with Gasteiger partial charge in [0.05, 0.1) is 4.92 Å². The first kappa shape index (κ1) is 14.3. The zero-order valence-electron chi connectivity index (χ0n) is 9.10. The van der Waals surface area contributed by atoms with Gasteiger partial charge in [0.15, 0.2) is 5.78 Å². The number of hydrogen-bond acceptors (Lipinski definition) is 4. The number of ether oxygens (including phenoxy) is 1. The Kier molecular flexibility index (Phi) is 4.55. The summed E-state index contributed by atoms with van der Waals surface area (Å²) in [6.45, 7) is -1.97. The van der Waals surface area contributed by atoms with Gasteiger partial charge in [-0.25, -0.2) is 0 Å². The average molecular weight is 280 g/mol. The molecule has 0 fully saturated rings. The molecule has 18 heavy (non-hydrogen) atoms. The van der Waals surface area contributed by atoms with Crippen molar-refractivity contribution in [1.29, 1.82) is 0 Å². The number of benzene rings is 1. The van der Waals surface area contributed by atoms with Crippen LogP contribution in [0.5, 0.6) is 5.75 Å². The van der Waals surface area contributed by atoms with Crippen molar-refractivity contribution in [3.05, 3.63) is 33.9 Å². The molecule has 5 nitrogen and oxygen atoms in total. The third-order valence-electron chi connectivity index (χ3n) is 2.05. The Labute approximate surface area is 105 Å². The Hall–Kier alpha value is -1.76. The van der Waals surface area contributed by atoms with Crippen LogP contribution in [-0.4, -0.2) is 17.3 Å². The predicted molar refractivity (Wildman–Crippen MR) is 59.0 cm³/mol. The molecule has 0 aliphatic rings. The normalized spacial score (nSPS) is 12.3. The molecule has 0 aliphatic heterocycles. The molecule has 0 radical (unpaired) electrons. The smallest absolute Gasteiger partial charge is 0.387 e. The van der Waals surface area contributed by atoms with E-state index in [-0.39, 0.29) is 17.0 Å². The molecule has 0 N–H and O–H groups in total. The minimum absolute atomic E-state index is 0.154. The first-order valence-corrected chi connectivity index (χ1v) is 5.14. The summed E-state index contributed by atoms with van der Waals surface area (Å²) in [7, 11) is 0. The Morgan fingerprint density at radius 1 is 1.50 bits per heavy atom. The van der Waals surface area contributed by atoms with E-state index in [1.54, 1.807) is 0 Å². The summed E-state index contributed by atoms with van der Waals surface area (Å²) in [5.41, 5.74) is -0.516. The highest BCUT2D eigenvalue weighted by atomic mass is 35.5. The van der Waals surface area contributed by atoms with Crippen molar-refractivity contribution < 1.29 is 23.2 Å². The lowest BCUT2D eigenvalue weighted by Gasteiger charge is -2.12. The number of ketones is 1. The molecule has 0 saturated heterocycles. The molecule has 0 amide bonds. The van der Waals surface area contributed by atoms with Crippen LogP contribution in [0.3, 0.4) is 0 Å². The summed E-state index contributed by atoms with van der Waals surface area (Å²) >= 11 is 5.71. The van der Waals surface area contributed by atoms with Crippen LogP contribution in [0.2, 0.25) is 0 Å². The third kappa shape index (κ3) is 3.36. The van der Waals surface area contributed by atoms with Gasteiger partial charge in [-0.2, -0.15) is 8.78 Å². The van der Waals surface area contributed by atoms with Crippen LogP contribution in [0.1, 0.15) is 17.9 Å². The van der Waals surface area contributed by atoms with Crippen LogP contribution in [0.15, 0.2) is 18.2 Å². The number of nitro groups is 1. The fourth-order valence-corrected chi connectivity index (χ4v) is 1.44. The molecule has 1 unspecified atom stereocenters. The fourth-order valence-electron chi connectivity index (χ4n) is 1.27. The quantitative estimate of drug-likeness (QED) is 0.472. The minimum atomic E-state index is -3.11. The van der Waals surface area contributed by atoms with Crippen molar-refractivity contribution in [1.82, 2.24) is 0 Å². The van der Waals surface area contributed by atoms with Gasteiger partial charge in [0, 0.05) is 17.7 Å². The van der Waals surface area contributed by atoms with Crippen LogP contribution >= 0.6 is 11.6 Å². The molecular weight excluding hydrogens is 272 g/mol. The van der Waals surface area contributed by atoms with E-state index < -0.39 is 22.7 Å². The topological polar surface area (TPSA) is 69.4 Å². The zero-order valence-corrected chi connectivity index (χ0v) is 9.86. The number of halogens is 3. The van der Waals surface area contributed by atoms with Crippen LogP contribution in [0.25, 0.3) is 0 Å². The highest BCUT2D eigenvalue weighted by Gasteiger charge is 2.23. The predicted octanol–water partition coefficient (Wildman–Crippen LogP) is 3.07. The third-order valence-corrected chi connectivity index (χ3v) is 2.59. The maximum absolute atomic E-state index is 12.1. The van der Waals surface area contributed by atoms with Crippen molar-refractivity contribution in [3.63, 3.8) is 0 Å². The van der Waals surface area contributed by atoms with Crippen molar-refractivity contribution in [3.8, 4) is 5.75 Å². The summed E-state index contributed by atoms with van der Waals surface area (Å²) in [5, 5.41) is 9.29. The fraction of sp³-hybridized carbons (Fsp3) is 0.300. The average Bonchev–Trinajstić information content (AvgIpc) is 2.27. The lowest BCUT2D eigenvalue weighted by molar-refractivity contribution is -0.384. The first-order valence-electron chi connectivity index (χ1n) is 4.70. The Morgan fingerprint density at radius 3 is 2.56 bits per heavy atom. The van der Waals surface area contributed by atoms with E-state index >= 15 is 0 Å². The second-order valence-electron chi connectivity index (χ2n) is 3.33. The van der Waals surface area contributed by atoms with Gasteiger partial charge in [0.25, 0.3) is 5.69 Å². The largest absolute Gasteiger partial charge is 0.434 e. The lowest BCUT2D eigenvalue weighted by atomic mass is 10.1. The summed E-state index contributed by atoms with van der Waals surface area (Å²) in [6.07, 6.45) is 0. The summed E-state index contributed by atoms with van der Waals surface area (Å²) < 4.78 is 28.4. The number of nitrogens with zero attached hydrogens (tertiary/aromatic N) is 1. The maximum atomic E-state index is 12.1. The second kappa shape index (κ2) is 5.72. The van der Waals surface area contributed by atoms with Gasteiger partial charge in [-0.3, -0.25) is 14.9 Å².